The number of aromatic amines is 1. The van der Waals surface area contributed by atoms with Crippen molar-refractivity contribution in [3.8, 4) is 0 Å². The molecule has 0 amide bonds. The van der Waals surface area contributed by atoms with E-state index >= 15 is 0 Å². The lowest BCUT2D eigenvalue weighted by atomic mass is 10.1. The van der Waals surface area contributed by atoms with Crippen LogP contribution in [0.3, 0.4) is 0 Å². The van der Waals surface area contributed by atoms with Crippen molar-refractivity contribution in [2.24, 2.45) is 7.05 Å². The Morgan fingerprint density at radius 3 is 2.90 bits per heavy atom. The molecule has 0 unspecified atom stereocenters. The van der Waals surface area contributed by atoms with Crippen LogP contribution in [0.2, 0.25) is 0 Å². The summed E-state index contributed by atoms with van der Waals surface area (Å²) in [5.74, 6) is 0. The highest BCUT2D eigenvalue weighted by Gasteiger charge is 2.14. The third-order valence-electron chi connectivity index (χ3n) is 3.63. The second-order valence-electron chi connectivity index (χ2n) is 4.94. The summed E-state index contributed by atoms with van der Waals surface area (Å²) in [6, 6.07) is 2.02. The fourth-order valence-electron chi connectivity index (χ4n) is 2.50. The molecule has 20 heavy (non-hydrogen) atoms. The normalized spacial score (nSPS) is 11.3. The molecule has 0 fully saturated rings. The Morgan fingerprint density at radius 1 is 1.40 bits per heavy atom. The van der Waals surface area contributed by atoms with Crippen LogP contribution in [0, 0.1) is 11.7 Å². The number of rotatable bonds is 3. The van der Waals surface area contributed by atoms with Crippen LogP contribution in [0.1, 0.15) is 23.7 Å². The molecule has 5 nitrogen and oxygen atoms in total. The monoisotopic (exact) mass is 287 g/mol. The van der Waals surface area contributed by atoms with Crippen molar-refractivity contribution in [1.82, 2.24) is 24.3 Å². The van der Waals surface area contributed by atoms with Gasteiger partial charge in [-0.3, -0.25) is 14.2 Å². The number of aryl methyl sites for hydroxylation is 3. The van der Waals surface area contributed by atoms with E-state index in [1.165, 1.54) is 11.1 Å². The highest BCUT2D eigenvalue weighted by atomic mass is 32.1. The quantitative estimate of drug-likeness (QED) is 0.754. The molecule has 3 aromatic rings. The molecule has 0 aliphatic heterocycles. The fourth-order valence-corrected chi connectivity index (χ4v) is 2.76. The van der Waals surface area contributed by atoms with E-state index in [9.17, 15) is 0 Å². The average Bonchev–Trinajstić information content (AvgIpc) is 2.91. The van der Waals surface area contributed by atoms with E-state index in [1.54, 1.807) is 0 Å². The second-order valence-corrected chi connectivity index (χ2v) is 5.33. The lowest BCUT2D eigenvalue weighted by molar-refractivity contribution is 0.707. The molecule has 6 heteroatoms. The van der Waals surface area contributed by atoms with E-state index in [0.717, 1.165) is 28.0 Å². The van der Waals surface area contributed by atoms with E-state index in [-0.39, 0.29) is 0 Å². The second kappa shape index (κ2) is 4.86. The minimum Gasteiger partial charge on any atom is -0.328 e. The number of aromatic nitrogens is 5. The smallest absolute Gasteiger partial charge is 0.179 e. The van der Waals surface area contributed by atoms with Crippen LogP contribution in [0.25, 0.3) is 11.2 Å². The Bertz CT molecular complexity index is 824. The zero-order valence-corrected chi connectivity index (χ0v) is 12.7. The average molecular weight is 287 g/mol. The van der Waals surface area contributed by atoms with Gasteiger partial charge in [0.25, 0.3) is 0 Å². The van der Waals surface area contributed by atoms with Gasteiger partial charge in [0.1, 0.15) is 5.52 Å². The number of nitrogens with zero attached hydrogens (tertiary/aromatic N) is 4. The molecule has 3 heterocycles. The predicted octanol–water partition coefficient (Wildman–Crippen LogP) is 2.75. The minimum atomic E-state index is 0.710. The molecule has 3 aromatic heterocycles. The van der Waals surface area contributed by atoms with Gasteiger partial charge < -0.3 is 4.98 Å². The Hall–Kier alpha value is -1.95. The van der Waals surface area contributed by atoms with Gasteiger partial charge in [-0.05, 0) is 42.8 Å². The van der Waals surface area contributed by atoms with Crippen LogP contribution >= 0.6 is 12.2 Å². The van der Waals surface area contributed by atoms with Crippen LogP contribution in [0.15, 0.2) is 18.5 Å². The number of hydrogen-bond acceptors (Lipinski definition) is 3. The van der Waals surface area contributed by atoms with Crippen molar-refractivity contribution >= 4 is 23.4 Å². The third-order valence-corrected chi connectivity index (χ3v) is 3.96. The maximum Gasteiger partial charge on any atom is 0.179 e. The van der Waals surface area contributed by atoms with Crippen molar-refractivity contribution in [3.63, 3.8) is 0 Å². The van der Waals surface area contributed by atoms with Gasteiger partial charge in [-0.25, -0.2) is 0 Å². The predicted molar refractivity (Wildman–Crippen MR) is 81.3 cm³/mol. The third kappa shape index (κ3) is 1.96. The van der Waals surface area contributed by atoms with Crippen LogP contribution in [0.4, 0.5) is 0 Å². The van der Waals surface area contributed by atoms with Crippen LogP contribution in [-0.2, 0) is 20.0 Å². The maximum atomic E-state index is 5.46. The molecule has 0 spiro atoms. The molecular weight excluding hydrogens is 270 g/mol. The molecule has 0 saturated carbocycles. The van der Waals surface area contributed by atoms with Crippen LogP contribution < -0.4 is 0 Å². The zero-order valence-electron chi connectivity index (χ0n) is 11.8. The van der Waals surface area contributed by atoms with Crippen molar-refractivity contribution in [2.45, 2.75) is 26.8 Å². The zero-order chi connectivity index (χ0) is 14.3. The van der Waals surface area contributed by atoms with E-state index in [2.05, 4.69) is 33.5 Å². The van der Waals surface area contributed by atoms with Crippen molar-refractivity contribution < 1.29 is 0 Å². The van der Waals surface area contributed by atoms with Gasteiger partial charge in [0, 0.05) is 19.4 Å². The first-order chi connectivity index (χ1) is 9.61. The van der Waals surface area contributed by atoms with E-state index in [0.29, 0.717) is 6.54 Å². The van der Waals surface area contributed by atoms with E-state index in [1.807, 2.05) is 30.2 Å². The summed E-state index contributed by atoms with van der Waals surface area (Å²) in [6.07, 6.45) is 4.59. The summed E-state index contributed by atoms with van der Waals surface area (Å²) < 4.78 is 4.71. The van der Waals surface area contributed by atoms with Crippen molar-refractivity contribution in [1.29, 1.82) is 0 Å². The lowest BCUT2D eigenvalue weighted by Crippen LogP contribution is -2.05. The molecular formula is C14H17N5S. The SMILES string of the molecule is CCc1nn(C)c2c1[nH]c(=S)n2Cc1cnccc1C. The number of H-pyrrole nitrogens is 1. The first kappa shape index (κ1) is 13.1. The van der Waals surface area contributed by atoms with Crippen molar-refractivity contribution in [2.75, 3.05) is 0 Å². The molecule has 1 N–H and O–H groups in total. The van der Waals surface area contributed by atoms with Gasteiger partial charge in [-0.15, -0.1) is 0 Å². The Balaban J connectivity index is 2.17. The summed E-state index contributed by atoms with van der Waals surface area (Å²) in [4.78, 5) is 7.48. The first-order valence-corrected chi connectivity index (χ1v) is 7.06. The standard InChI is InChI=1S/C14H17N5S/c1-4-11-12-13(18(3)17-11)19(14(20)16-12)8-10-7-15-6-5-9(10)2/h5-7H,4,8H2,1-3H3,(H,16,20). The van der Waals surface area contributed by atoms with Gasteiger partial charge in [-0.1, -0.05) is 6.92 Å². The fraction of sp³-hybridized carbons (Fsp3) is 0.357. The summed E-state index contributed by atoms with van der Waals surface area (Å²) in [5, 5.41) is 4.54. The van der Waals surface area contributed by atoms with E-state index in [4.69, 9.17) is 12.2 Å². The van der Waals surface area contributed by atoms with Crippen LogP contribution in [-0.4, -0.2) is 24.3 Å². The van der Waals surface area contributed by atoms with Crippen molar-refractivity contribution in [3.05, 3.63) is 40.1 Å². The highest BCUT2D eigenvalue weighted by Crippen LogP contribution is 2.20. The van der Waals surface area contributed by atoms with E-state index < -0.39 is 0 Å². The maximum absolute atomic E-state index is 5.46. The largest absolute Gasteiger partial charge is 0.328 e. The Morgan fingerprint density at radius 2 is 2.20 bits per heavy atom. The topological polar surface area (TPSA) is 51.4 Å². The molecule has 0 aliphatic rings. The molecule has 3 rings (SSSR count). The van der Waals surface area contributed by atoms with Gasteiger partial charge in [0.2, 0.25) is 0 Å². The first-order valence-electron chi connectivity index (χ1n) is 6.65. The summed E-state index contributed by atoms with van der Waals surface area (Å²) in [5.41, 5.74) is 5.52. The lowest BCUT2D eigenvalue weighted by Gasteiger charge is -2.07. The highest BCUT2D eigenvalue weighted by molar-refractivity contribution is 7.71. The molecule has 0 radical (unpaired) electrons. The number of imidazole rings is 1. The minimum absolute atomic E-state index is 0.710. The van der Waals surface area contributed by atoms with Gasteiger partial charge in [-0.2, -0.15) is 5.10 Å². The molecule has 104 valence electrons. The number of fused-ring (bicyclic) bond motifs is 1. The van der Waals surface area contributed by atoms with Gasteiger partial charge in [0.05, 0.1) is 12.2 Å². The molecule has 0 saturated heterocycles. The molecule has 0 aliphatic carbocycles. The number of pyridine rings is 1. The molecule has 0 atom stereocenters. The number of hydrogen-bond donors (Lipinski definition) is 1. The summed E-state index contributed by atoms with van der Waals surface area (Å²) >= 11 is 5.46. The summed E-state index contributed by atoms with van der Waals surface area (Å²) in [7, 11) is 1.96. The Kier molecular flexibility index (Phi) is 3.17. The summed E-state index contributed by atoms with van der Waals surface area (Å²) in [6.45, 7) is 4.90. The van der Waals surface area contributed by atoms with Crippen LogP contribution in [0.5, 0.6) is 0 Å². The number of nitrogens with one attached hydrogen (secondary N) is 1. The molecule has 0 aromatic carbocycles. The molecule has 0 bridgehead atoms. The van der Waals surface area contributed by atoms with Gasteiger partial charge in [0.15, 0.2) is 10.4 Å². The van der Waals surface area contributed by atoms with Gasteiger partial charge >= 0.3 is 0 Å². The Labute approximate surface area is 122 Å².